The third-order valence-corrected chi connectivity index (χ3v) is 3.96. The van der Waals surface area contributed by atoms with Gasteiger partial charge in [-0.25, -0.2) is 0 Å². The first-order chi connectivity index (χ1) is 11.1. The van der Waals surface area contributed by atoms with Crippen molar-refractivity contribution in [1.29, 1.82) is 0 Å². The van der Waals surface area contributed by atoms with E-state index in [1.54, 1.807) is 36.4 Å². The van der Waals surface area contributed by atoms with Crippen LogP contribution in [0.5, 0.6) is 11.5 Å². The molecule has 1 N–H and O–H groups in total. The van der Waals surface area contributed by atoms with E-state index in [1.807, 2.05) is 6.07 Å². The van der Waals surface area contributed by atoms with E-state index in [0.717, 1.165) is 5.56 Å². The Morgan fingerprint density at radius 2 is 1.91 bits per heavy atom. The third kappa shape index (κ3) is 4.09. The fourth-order valence-electron chi connectivity index (χ4n) is 2.35. The molecule has 2 aromatic carbocycles. The average molecular weight is 352 g/mol. The molecular weight excluding hydrogens is 337 g/mol. The van der Waals surface area contributed by atoms with Crippen molar-refractivity contribution in [1.82, 2.24) is 5.32 Å². The molecular formula is C17H15Cl2NO3. The Hall–Kier alpha value is -1.91. The predicted octanol–water partition coefficient (Wildman–Crippen LogP) is 3.49. The van der Waals surface area contributed by atoms with Crippen LogP contribution < -0.4 is 14.8 Å². The van der Waals surface area contributed by atoms with Gasteiger partial charge in [-0.05, 0) is 48.0 Å². The average Bonchev–Trinajstić information content (AvgIpc) is 2.96. The highest BCUT2D eigenvalue weighted by Gasteiger charge is 2.28. The molecule has 0 saturated carbocycles. The SMILES string of the molecule is O=C(NCCOc1ccc(Cl)cc1)[C@H]1Cc2cc(Cl)ccc2O1. The first-order valence-corrected chi connectivity index (χ1v) is 7.98. The van der Waals surface area contributed by atoms with Gasteiger partial charge in [-0.15, -0.1) is 0 Å². The van der Waals surface area contributed by atoms with E-state index in [0.29, 0.717) is 41.1 Å². The molecule has 1 aliphatic rings. The van der Waals surface area contributed by atoms with Crippen molar-refractivity contribution in [3.8, 4) is 11.5 Å². The lowest BCUT2D eigenvalue weighted by Gasteiger charge is -2.12. The quantitative estimate of drug-likeness (QED) is 0.838. The van der Waals surface area contributed by atoms with Gasteiger partial charge in [-0.1, -0.05) is 23.2 Å². The predicted molar refractivity (Wildman–Crippen MR) is 89.5 cm³/mol. The van der Waals surface area contributed by atoms with E-state index in [2.05, 4.69) is 5.32 Å². The first-order valence-electron chi connectivity index (χ1n) is 7.23. The van der Waals surface area contributed by atoms with Gasteiger partial charge in [0, 0.05) is 16.5 Å². The van der Waals surface area contributed by atoms with Crippen molar-refractivity contribution in [3.63, 3.8) is 0 Å². The monoisotopic (exact) mass is 351 g/mol. The fourth-order valence-corrected chi connectivity index (χ4v) is 2.67. The van der Waals surface area contributed by atoms with Gasteiger partial charge in [0.2, 0.25) is 0 Å². The van der Waals surface area contributed by atoms with Gasteiger partial charge in [0.1, 0.15) is 18.1 Å². The second-order valence-electron chi connectivity index (χ2n) is 5.16. The molecule has 0 saturated heterocycles. The number of rotatable bonds is 5. The second-order valence-corrected chi connectivity index (χ2v) is 6.03. The summed E-state index contributed by atoms with van der Waals surface area (Å²) in [5, 5.41) is 4.11. The summed E-state index contributed by atoms with van der Waals surface area (Å²) in [6.45, 7) is 0.775. The molecule has 1 aliphatic heterocycles. The van der Waals surface area contributed by atoms with Gasteiger partial charge < -0.3 is 14.8 Å². The normalized spacial score (nSPS) is 15.7. The molecule has 0 spiro atoms. The van der Waals surface area contributed by atoms with Crippen LogP contribution in [0, 0.1) is 0 Å². The summed E-state index contributed by atoms with van der Waals surface area (Å²) in [6.07, 6.45) is 0.0127. The van der Waals surface area contributed by atoms with E-state index in [-0.39, 0.29) is 5.91 Å². The lowest BCUT2D eigenvalue weighted by atomic mass is 10.1. The van der Waals surface area contributed by atoms with Crippen molar-refractivity contribution in [2.75, 3.05) is 13.2 Å². The second kappa shape index (κ2) is 7.11. The molecule has 23 heavy (non-hydrogen) atoms. The lowest BCUT2D eigenvalue weighted by Crippen LogP contribution is -2.39. The molecule has 0 bridgehead atoms. The van der Waals surface area contributed by atoms with Gasteiger partial charge in [-0.3, -0.25) is 4.79 Å². The highest BCUT2D eigenvalue weighted by molar-refractivity contribution is 6.30. The minimum Gasteiger partial charge on any atom is -0.492 e. The first kappa shape index (κ1) is 16.0. The highest BCUT2D eigenvalue weighted by Crippen LogP contribution is 2.31. The fraction of sp³-hybridized carbons (Fsp3) is 0.235. The summed E-state index contributed by atoms with van der Waals surface area (Å²) in [4.78, 5) is 12.1. The van der Waals surface area contributed by atoms with E-state index in [4.69, 9.17) is 32.7 Å². The topological polar surface area (TPSA) is 47.6 Å². The maximum absolute atomic E-state index is 12.1. The van der Waals surface area contributed by atoms with Crippen LogP contribution in [0.15, 0.2) is 42.5 Å². The molecule has 2 aromatic rings. The van der Waals surface area contributed by atoms with Crippen LogP contribution in [0.1, 0.15) is 5.56 Å². The number of fused-ring (bicyclic) bond motifs is 1. The summed E-state index contributed by atoms with van der Waals surface area (Å²) < 4.78 is 11.1. The zero-order valence-corrected chi connectivity index (χ0v) is 13.7. The van der Waals surface area contributed by atoms with Gasteiger partial charge >= 0.3 is 0 Å². The Morgan fingerprint density at radius 1 is 1.17 bits per heavy atom. The van der Waals surface area contributed by atoms with Crippen LogP contribution in [0.25, 0.3) is 0 Å². The summed E-state index contributed by atoms with van der Waals surface area (Å²) in [5.41, 5.74) is 0.954. The summed E-state index contributed by atoms with van der Waals surface area (Å²) in [7, 11) is 0. The van der Waals surface area contributed by atoms with E-state index < -0.39 is 6.10 Å². The lowest BCUT2D eigenvalue weighted by molar-refractivity contribution is -0.127. The number of amides is 1. The molecule has 0 aliphatic carbocycles. The Bertz CT molecular complexity index is 703. The summed E-state index contributed by atoms with van der Waals surface area (Å²) >= 11 is 11.7. The third-order valence-electron chi connectivity index (χ3n) is 3.47. The molecule has 0 aromatic heterocycles. The Morgan fingerprint density at radius 3 is 2.70 bits per heavy atom. The van der Waals surface area contributed by atoms with Crippen molar-refractivity contribution in [2.45, 2.75) is 12.5 Å². The van der Waals surface area contributed by atoms with Crippen molar-refractivity contribution >= 4 is 29.1 Å². The Balaban J connectivity index is 1.43. The molecule has 1 atom stereocenters. The van der Waals surface area contributed by atoms with Crippen molar-refractivity contribution < 1.29 is 14.3 Å². The maximum Gasteiger partial charge on any atom is 0.261 e. The van der Waals surface area contributed by atoms with Gasteiger partial charge in [-0.2, -0.15) is 0 Å². The number of hydrogen-bond acceptors (Lipinski definition) is 3. The van der Waals surface area contributed by atoms with E-state index in [1.165, 1.54) is 0 Å². The number of nitrogens with one attached hydrogen (secondary N) is 1. The van der Waals surface area contributed by atoms with Gasteiger partial charge in [0.05, 0.1) is 6.54 Å². The standard InChI is InChI=1S/C17H15Cl2NO3/c18-12-1-4-14(5-2-12)22-8-7-20-17(21)16-10-11-9-13(19)3-6-15(11)23-16/h1-6,9,16H,7-8,10H2,(H,20,21)/t16-/m1/s1. The molecule has 4 nitrogen and oxygen atoms in total. The number of carbonyl (C=O) groups is 1. The van der Waals surface area contributed by atoms with E-state index >= 15 is 0 Å². The van der Waals surface area contributed by atoms with Crippen LogP contribution in [0.3, 0.4) is 0 Å². The minimum absolute atomic E-state index is 0.156. The van der Waals surface area contributed by atoms with Crippen molar-refractivity contribution in [2.24, 2.45) is 0 Å². The number of ether oxygens (including phenoxy) is 2. The largest absolute Gasteiger partial charge is 0.492 e. The zero-order chi connectivity index (χ0) is 16.2. The summed E-state index contributed by atoms with van der Waals surface area (Å²) in [6, 6.07) is 12.4. The molecule has 6 heteroatoms. The molecule has 0 radical (unpaired) electrons. The van der Waals surface area contributed by atoms with Crippen LogP contribution in [0.2, 0.25) is 10.0 Å². The number of hydrogen-bond donors (Lipinski definition) is 1. The Labute approximate surface area is 144 Å². The number of carbonyl (C=O) groups excluding carboxylic acids is 1. The van der Waals surface area contributed by atoms with Gasteiger partial charge in [0.25, 0.3) is 5.91 Å². The molecule has 3 rings (SSSR count). The molecule has 0 fully saturated rings. The van der Waals surface area contributed by atoms with Gasteiger partial charge in [0.15, 0.2) is 6.10 Å². The van der Waals surface area contributed by atoms with Crippen LogP contribution >= 0.6 is 23.2 Å². The maximum atomic E-state index is 12.1. The zero-order valence-electron chi connectivity index (χ0n) is 12.2. The smallest absolute Gasteiger partial charge is 0.261 e. The summed E-state index contributed by atoms with van der Waals surface area (Å²) in [5.74, 6) is 1.27. The number of halogens is 2. The molecule has 1 heterocycles. The molecule has 0 unspecified atom stereocenters. The minimum atomic E-state index is -0.515. The van der Waals surface area contributed by atoms with Crippen LogP contribution in [-0.2, 0) is 11.2 Å². The number of benzene rings is 2. The van der Waals surface area contributed by atoms with E-state index in [9.17, 15) is 4.79 Å². The van der Waals surface area contributed by atoms with Crippen molar-refractivity contribution in [3.05, 3.63) is 58.1 Å². The molecule has 1 amide bonds. The highest BCUT2D eigenvalue weighted by atomic mass is 35.5. The Kier molecular flexibility index (Phi) is 4.94. The molecule has 120 valence electrons. The van der Waals surface area contributed by atoms with Crippen LogP contribution in [0.4, 0.5) is 0 Å². The van der Waals surface area contributed by atoms with Crippen LogP contribution in [-0.4, -0.2) is 25.2 Å².